The quantitative estimate of drug-likeness (QED) is 0.570. The maximum absolute atomic E-state index is 7.88. The monoisotopic (exact) mass is 318 g/mol. The van der Waals surface area contributed by atoms with Gasteiger partial charge in [0.1, 0.15) is 5.82 Å². The van der Waals surface area contributed by atoms with Crippen molar-refractivity contribution in [2.75, 3.05) is 16.8 Å². The van der Waals surface area contributed by atoms with Gasteiger partial charge in [0.05, 0.1) is 5.69 Å². The summed E-state index contributed by atoms with van der Waals surface area (Å²) < 4.78 is 0. The van der Waals surface area contributed by atoms with Gasteiger partial charge < -0.3 is 10.6 Å². The lowest BCUT2D eigenvalue weighted by Crippen LogP contribution is -2.33. The van der Waals surface area contributed by atoms with E-state index in [1.165, 1.54) is 4.90 Å². The van der Waals surface area contributed by atoms with Crippen LogP contribution in [-0.4, -0.2) is 23.0 Å². The highest BCUT2D eigenvalue weighted by atomic mass is 15.3. The van der Waals surface area contributed by atoms with Crippen molar-refractivity contribution in [3.63, 3.8) is 0 Å². The molecule has 0 spiro atoms. The highest BCUT2D eigenvalue weighted by Crippen LogP contribution is 2.25. The molecule has 0 amide bonds. The number of hydrogen-bond acceptors (Lipinski definition) is 4. The van der Waals surface area contributed by atoms with E-state index in [1.54, 1.807) is 6.20 Å². The van der Waals surface area contributed by atoms with Crippen LogP contribution in [-0.2, 0) is 0 Å². The van der Waals surface area contributed by atoms with Gasteiger partial charge in [-0.2, -0.15) is 4.98 Å². The zero-order chi connectivity index (χ0) is 16.9. The lowest BCUT2D eigenvalue weighted by Gasteiger charge is -2.23. The van der Waals surface area contributed by atoms with Crippen LogP contribution in [0.15, 0.2) is 72.9 Å². The smallest absolute Gasteiger partial charge is 0.238 e. The average Bonchev–Trinajstić information content (AvgIpc) is 2.63. The molecule has 0 aliphatic heterocycles. The molecule has 3 rings (SSSR count). The molecule has 0 aliphatic rings. The van der Waals surface area contributed by atoms with Crippen LogP contribution in [0.2, 0.25) is 0 Å². The van der Waals surface area contributed by atoms with Gasteiger partial charge in [-0.15, -0.1) is 0 Å². The number of hydrogen-bond donors (Lipinski definition) is 2. The standard InChI is InChI=1S/C18H18N6/c1-23(14-8-4-2-5-9-14)16-12-13-21-18(22-16)24(17(19)20)15-10-6-3-7-11-15/h2-13H,1H3,(H3,19,20). The van der Waals surface area contributed by atoms with Crippen molar-refractivity contribution < 1.29 is 0 Å². The molecule has 1 heterocycles. The summed E-state index contributed by atoms with van der Waals surface area (Å²) in [6.45, 7) is 0. The third kappa shape index (κ3) is 3.17. The molecule has 0 saturated heterocycles. The van der Waals surface area contributed by atoms with Crippen LogP contribution in [0.25, 0.3) is 0 Å². The predicted molar refractivity (Wildman–Crippen MR) is 97.0 cm³/mol. The van der Waals surface area contributed by atoms with Crippen LogP contribution >= 0.6 is 0 Å². The lowest BCUT2D eigenvalue weighted by atomic mass is 10.3. The zero-order valence-electron chi connectivity index (χ0n) is 13.3. The summed E-state index contributed by atoms with van der Waals surface area (Å²) in [6, 6.07) is 21.1. The molecule has 0 radical (unpaired) electrons. The number of guanidine groups is 1. The van der Waals surface area contributed by atoms with Gasteiger partial charge in [0, 0.05) is 18.9 Å². The molecule has 0 saturated carbocycles. The fourth-order valence-electron chi connectivity index (χ4n) is 2.36. The molecule has 24 heavy (non-hydrogen) atoms. The number of aromatic nitrogens is 2. The van der Waals surface area contributed by atoms with E-state index in [0.717, 1.165) is 11.4 Å². The second-order valence-corrected chi connectivity index (χ2v) is 5.17. The van der Waals surface area contributed by atoms with Crippen LogP contribution in [0.5, 0.6) is 0 Å². The second-order valence-electron chi connectivity index (χ2n) is 5.17. The minimum Gasteiger partial charge on any atom is -0.369 e. The average molecular weight is 318 g/mol. The van der Waals surface area contributed by atoms with E-state index < -0.39 is 0 Å². The number of anilines is 4. The SMILES string of the molecule is CN(c1ccccc1)c1ccnc(N(C(=N)N)c2ccccc2)n1. The van der Waals surface area contributed by atoms with E-state index in [4.69, 9.17) is 11.1 Å². The van der Waals surface area contributed by atoms with E-state index >= 15 is 0 Å². The largest absolute Gasteiger partial charge is 0.369 e. The van der Waals surface area contributed by atoms with Gasteiger partial charge in [-0.05, 0) is 30.3 Å². The van der Waals surface area contributed by atoms with Gasteiger partial charge in [0.2, 0.25) is 5.95 Å². The van der Waals surface area contributed by atoms with E-state index in [9.17, 15) is 0 Å². The van der Waals surface area contributed by atoms with Gasteiger partial charge in [-0.1, -0.05) is 36.4 Å². The van der Waals surface area contributed by atoms with Crippen LogP contribution in [0, 0.1) is 5.41 Å². The summed E-state index contributed by atoms with van der Waals surface area (Å²) in [4.78, 5) is 12.3. The third-order valence-corrected chi connectivity index (χ3v) is 3.57. The van der Waals surface area contributed by atoms with E-state index in [-0.39, 0.29) is 5.96 Å². The first kappa shape index (κ1) is 15.5. The highest BCUT2D eigenvalue weighted by molar-refractivity contribution is 5.98. The maximum Gasteiger partial charge on any atom is 0.238 e. The summed E-state index contributed by atoms with van der Waals surface area (Å²) in [5.41, 5.74) is 7.50. The van der Waals surface area contributed by atoms with E-state index in [2.05, 4.69) is 9.97 Å². The Kier molecular flexibility index (Phi) is 4.38. The van der Waals surface area contributed by atoms with Gasteiger partial charge >= 0.3 is 0 Å². The molecule has 6 heteroatoms. The molecule has 0 fully saturated rings. The summed E-state index contributed by atoms with van der Waals surface area (Å²) in [7, 11) is 1.93. The number of para-hydroxylation sites is 2. The van der Waals surface area contributed by atoms with Gasteiger partial charge in [-0.25, -0.2) is 9.88 Å². The number of nitrogens with zero attached hydrogens (tertiary/aromatic N) is 4. The molecule has 0 atom stereocenters. The molecule has 3 aromatic rings. The fraction of sp³-hybridized carbons (Fsp3) is 0.0556. The van der Waals surface area contributed by atoms with Crippen LogP contribution in [0.1, 0.15) is 0 Å². The highest BCUT2D eigenvalue weighted by Gasteiger charge is 2.16. The first-order valence-electron chi connectivity index (χ1n) is 7.48. The van der Waals surface area contributed by atoms with Crippen LogP contribution < -0.4 is 15.5 Å². The first-order valence-corrected chi connectivity index (χ1v) is 7.48. The summed E-state index contributed by atoms with van der Waals surface area (Å²) >= 11 is 0. The summed E-state index contributed by atoms with van der Waals surface area (Å²) in [5.74, 6) is 0.933. The summed E-state index contributed by atoms with van der Waals surface area (Å²) in [5, 5.41) is 7.88. The molecule has 120 valence electrons. The Hall–Kier alpha value is -3.41. The molecule has 6 nitrogen and oxygen atoms in total. The van der Waals surface area contributed by atoms with Crippen LogP contribution in [0.4, 0.5) is 23.1 Å². The Morgan fingerprint density at radius 2 is 1.50 bits per heavy atom. The van der Waals surface area contributed by atoms with Crippen molar-refractivity contribution in [2.24, 2.45) is 5.73 Å². The van der Waals surface area contributed by atoms with E-state index in [0.29, 0.717) is 11.8 Å². The molecule has 1 aromatic heterocycles. The first-order chi connectivity index (χ1) is 11.7. The lowest BCUT2D eigenvalue weighted by molar-refractivity contribution is 1.04. The third-order valence-electron chi connectivity index (χ3n) is 3.57. The molecular formula is C18H18N6. The molecule has 0 aliphatic carbocycles. The molecular weight excluding hydrogens is 300 g/mol. The predicted octanol–water partition coefficient (Wildman–Crippen LogP) is 3.28. The Bertz CT molecular complexity index is 819. The zero-order valence-corrected chi connectivity index (χ0v) is 13.3. The Labute approximate surface area is 140 Å². The molecule has 3 N–H and O–H groups in total. The number of nitrogens with one attached hydrogen (secondary N) is 1. The minimum absolute atomic E-state index is 0.138. The number of benzene rings is 2. The minimum atomic E-state index is -0.138. The molecule has 0 unspecified atom stereocenters. The van der Waals surface area contributed by atoms with Gasteiger partial charge in [0.15, 0.2) is 5.96 Å². The van der Waals surface area contributed by atoms with Crippen molar-refractivity contribution in [1.29, 1.82) is 5.41 Å². The van der Waals surface area contributed by atoms with Crippen molar-refractivity contribution in [2.45, 2.75) is 0 Å². The second kappa shape index (κ2) is 6.78. The normalized spacial score (nSPS) is 10.2. The fourth-order valence-corrected chi connectivity index (χ4v) is 2.36. The maximum atomic E-state index is 7.88. The van der Waals surface area contributed by atoms with Gasteiger partial charge in [0.25, 0.3) is 0 Å². The topological polar surface area (TPSA) is 82.1 Å². The number of rotatable bonds is 4. The number of nitrogens with two attached hydrogens (primary N) is 1. The van der Waals surface area contributed by atoms with Crippen molar-refractivity contribution in [1.82, 2.24) is 9.97 Å². The summed E-state index contributed by atoms with van der Waals surface area (Å²) in [6.07, 6.45) is 1.66. The Balaban J connectivity index is 1.99. The van der Waals surface area contributed by atoms with Crippen molar-refractivity contribution in [3.8, 4) is 0 Å². The van der Waals surface area contributed by atoms with E-state index in [1.807, 2.05) is 78.7 Å². The molecule has 0 bridgehead atoms. The van der Waals surface area contributed by atoms with Gasteiger partial charge in [-0.3, -0.25) is 5.41 Å². The van der Waals surface area contributed by atoms with Crippen molar-refractivity contribution >= 4 is 29.1 Å². The Morgan fingerprint density at radius 1 is 0.917 bits per heavy atom. The van der Waals surface area contributed by atoms with Crippen LogP contribution in [0.3, 0.4) is 0 Å². The Morgan fingerprint density at radius 3 is 2.08 bits per heavy atom. The van der Waals surface area contributed by atoms with Crippen molar-refractivity contribution in [3.05, 3.63) is 72.9 Å². The molecule has 2 aromatic carbocycles.